The normalized spacial score (nSPS) is 20.8. The largest absolute Gasteiger partial charge is 0.310 e. The highest BCUT2D eigenvalue weighted by atomic mass is 15.1. The molecule has 2 fully saturated rings. The van der Waals surface area contributed by atoms with Gasteiger partial charge >= 0.3 is 0 Å². The third-order valence-electron chi connectivity index (χ3n) is 4.85. The maximum absolute atomic E-state index is 4.64. The van der Waals surface area contributed by atoms with E-state index in [9.17, 15) is 0 Å². The lowest BCUT2D eigenvalue weighted by atomic mass is 9.92. The van der Waals surface area contributed by atoms with Gasteiger partial charge in [0, 0.05) is 25.3 Å². The topological polar surface area (TPSA) is 28.2 Å². The van der Waals surface area contributed by atoms with Crippen molar-refractivity contribution in [1.82, 2.24) is 15.2 Å². The van der Waals surface area contributed by atoms with Gasteiger partial charge in [-0.15, -0.1) is 0 Å². The highest BCUT2D eigenvalue weighted by Crippen LogP contribution is 2.22. The molecule has 1 N–H and O–H groups in total. The van der Waals surface area contributed by atoms with Crippen molar-refractivity contribution in [2.75, 3.05) is 13.1 Å². The minimum absolute atomic E-state index is 0.772. The molecule has 1 saturated carbocycles. The first-order valence-electron chi connectivity index (χ1n) is 8.73. The molecule has 2 aliphatic rings. The molecule has 1 aromatic rings. The number of hydrogen-bond acceptors (Lipinski definition) is 3. The summed E-state index contributed by atoms with van der Waals surface area (Å²) in [5, 5.41) is 3.54. The second kappa shape index (κ2) is 7.37. The molecule has 0 bridgehead atoms. The van der Waals surface area contributed by atoms with Gasteiger partial charge in [-0.2, -0.15) is 0 Å². The molecule has 0 spiro atoms. The molecule has 21 heavy (non-hydrogen) atoms. The number of rotatable bonds is 7. The van der Waals surface area contributed by atoms with Crippen molar-refractivity contribution in [3.63, 3.8) is 0 Å². The van der Waals surface area contributed by atoms with Gasteiger partial charge in [0.25, 0.3) is 0 Å². The standard InChI is InChI=1S/C18H29N3/c1-2-3-15-8-10-21(11-9-15)14-18-5-4-16(13-20-18)12-19-17-6-7-17/h4-5,13,15,17,19H,2-3,6-12,14H2,1H3. The third-order valence-corrected chi connectivity index (χ3v) is 4.85. The average Bonchev–Trinajstić information content (AvgIpc) is 3.33. The Morgan fingerprint density at radius 1 is 1.19 bits per heavy atom. The fraction of sp³-hybridized carbons (Fsp3) is 0.722. The quantitative estimate of drug-likeness (QED) is 0.833. The molecule has 0 unspecified atom stereocenters. The summed E-state index contributed by atoms with van der Waals surface area (Å²) >= 11 is 0. The second-order valence-corrected chi connectivity index (χ2v) is 6.82. The predicted molar refractivity (Wildman–Crippen MR) is 87.0 cm³/mol. The SMILES string of the molecule is CCCC1CCN(Cc2ccc(CNC3CC3)cn2)CC1. The van der Waals surface area contributed by atoms with E-state index in [0.29, 0.717) is 0 Å². The molecule has 116 valence electrons. The van der Waals surface area contributed by atoms with Crippen molar-refractivity contribution in [2.24, 2.45) is 5.92 Å². The van der Waals surface area contributed by atoms with Crippen LogP contribution in [0.15, 0.2) is 18.3 Å². The van der Waals surface area contributed by atoms with E-state index < -0.39 is 0 Å². The number of piperidine rings is 1. The highest BCUT2D eigenvalue weighted by Gasteiger charge is 2.20. The van der Waals surface area contributed by atoms with Crippen LogP contribution in [0.25, 0.3) is 0 Å². The lowest BCUT2D eigenvalue weighted by Gasteiger charge is -2.31. The van der Waals surface area contributed by atoms with Crippen molar-refractivity contribution >= 4 is 0 Å². The van der Waals surface area contributed by atoms with Crippen molar-refractivity contribution in [1.29, 1.82) is 0 Å². The van der Waals surface area contributed by atoms with Crippen molar-refractivity contribution in [3.8, 4) is 0 Å². The van der Waals surface area contributed by atoms with Gasteiger partial charge in [0.15, 0.2) is 0 Å². The van der Waals surface area contributed by atoms with Crippen molar-refractivity contribution in [2.45, 2.75) is 64.6 Å². The number of nitrogens with one attached hydrogen (secondary N) is 1. The van der Waals surface area contributed by atoms with Crippen LogP contribution in [0.4, 0.5) is 0 Å². The van der Waals surface area contributed by atoms with Gasteiger partial charge in [-0.1, -0.05) is 25.8 Å². The molecular formula is C18H29N3. The lowest BCUT2D eigenvalue weighted by Crippen LogP contribution is -2.33. The molecule has 0 aromatic carbocycles. The summed E-state index contributed by atoms with van der Waals surface area (Å²) in [7, 11) is 0. The first-order chi connectivity index (χ1) is 10.3. The zero-order valence-corrected chi connectivity index (χ0v) is 13.4. The van der Waals surface area contributed by atoms with Crippen LogP contribution < -0.4 is 5.32 Å². The average molecular weight is 287 g/mol. The van der Waals surface area contributed by atoms with Gasteiger partial charge in [-0.3, -0.25) is 9.88 Å². The third kappa shape index (κ3) is 4.79. The van der Waals surface area contributed by atoms with E-state index >= 15 is 0 Å². The van der Waals surface area contributed by atoms with Gasteiger partial charge < -0.3 is 5.32 Å². The predicted octanol–water partition coefficient (Wildman–Crippen LogP) is 3.35. The summed E-state index contributed by atoms with van der Waals surface area (Å²) in [5.41, 5.74) is 2.53. The number of nitrogens with zero attached hydrogens (tertiary/aromatic N) is 2. The minimum Gasteiger partial charge on any atom is -0.310 e. The Kier molecular flexibility index (Phi) is 5.26. The van der Waals surface area contributed by atoms with Crippen LogP contribution in [0, 0.1) is 5.92 Å². The van der Waals surface area contributed by atoms with Crippen molar-refractivity contribution < 1.29 is 0 Å². The molecule has 3 nitrogen and oxygen atoms in total. The molecule has 1 aliphatic heterocycles. The molecule has 0 amide bonds. The zero-order chi connectivity index (χ0) is 14.5. The fourth-order valence-corrected chi connectivity index (χ4v) is 3.27. The first kappa shape index (κ1) is 15.0. The van der Waals surface area contributed by atoms with Gasteiger partial charge in [0.05, 0.1) is 5.69 Å². The molecule has 3 rings (SSSR count). The summed E-state index contributed by atoms with van der Waals surface area (Å²) in [6.07, 6.45) is 10.2. The Morgan fingerprint density at radius 2 is 2.00 bits per heavy atom. The zero-order valence-electron chi connectivity index (χ0n) is 13.4. The van der Waals surface area contributed by atoms with Gasteiger partial charge in [-0.05, 0) is 56.3 Å². The summed E-state index contributed by atoms with van der Waals surface area (Å²) in [5.74, 6) is 0.968. The molecule has 0 radical (unpaired) electrons. The van der Waals surface area contributed by atoms with Crippen molar-refractivity contribution in [3.05, 3.63) is 29.6 Å². The van der Waals surface area contributed by atoms with E-state index in [2.05, 4.69) is 40.5 Å². The Morgan fingerprint density at radius 3 is 2.62 bits per heavy atom. The number of likely N-dealkylation sites (tertiary alicyclic amines) is 1. The van der Waals surface area contributed by atoms with Crippen LogP contribution >= 0.6 is 0 Å². The van der Waals surface area contributed by atoms with E-state index in [0.717, 1.165) is 25.0 Å². The van der Waals surface area contributed by atoms with Crippen LogP contribution in [0.3, 0.4) is 0 Å². The summed E-state index contributed by atoms with van der Waals surface area (Å²) in [6, 6.07) is 5.22. The maximum atomic E-state index is 4.64. The Labute approximate surface area is 129 Å². The molecule has 1 aromatic heterocycles. The Balaban J connectivity index is 1.42. The van der Waals surface area contributed by atoms with E-state index in [1.54, 1.807) is 0 Å². The molecule has 3 heteroatoms. The lowest BCUT2D eigenvalue weighted by molar-refractivity contribution is 0.170. The second-order valence-electron chi connectivity index (χ2n) is 6.82. The van der Waals surface area contributed by atoms with E-state index in [-0.39, 0.29) is 0 Å². The molecule has 1 saturated heterocycles. The maximum Gasteiger partial charge on any atom is 0.0544 e. The van der Waals surface area contributed by atoms with Gasteiger partial charge in [-0.25, -0.2) is 0 Å². The van der Waals surface area contributed by atoms with E-state index in [4.69, 9.17) is 0 Å². The highest BCUT2D eigenvalue weighted by molar-refractivity contribution is 5.14. The Bertz CT molecular complexity index is 417. The first-order valence-corrected chi connectivity index (χ1v) is 8.73. The van der Waals surface area contributed by atoms with Gasteiger partial charge in [0.2, 0.25) is 0 Å². The van der Waals surface area contributed by atoms with Crippen LogP contribution in [0.5, 0.6) is 0 Å². The van der Waals surface area contributed by atoms with E-state index in [1.807, 2.05) is 0 Å². The summed E-state index contributed by atoms with van der Waals surface area (Å²) in [6.45, 7) is 6.79. The van der Waals surface area contributed by atoms with E-state index in [1.165, 1.54) is 62.9 Å². The molecule has 1 aliphatic carbocycles. The monoisotopic (exact) mass is 287 g/mol. The van der Waals surface area contributed by atoms with Crippen LogP contribution in [-0.4, -0.2) is 29.0 Å². The fourth-order valence-electron chi connectivity index (χ4n) is 3.27. The number of pyridine rings is 1. The molecule has 0 atom stereocenters. The van der Waals surface area contributed by atoms with Crippen LogP contribution in [-0.2, 0) is 13.1 Å². The molecule has 2 heterocycles. The number of hydrogen-bond donors (Lipinski definition) is 1. The number of aromatic nitrogens is 1. The summed E-state index contributed by atoms with van der Waals surface area (Å²) in [4.78, 5) is 7.21. The van der Waals surface area contributed by atoms with Gasteiger partial charge in [0.1, 0.15) is 0 Å². The minimum atomic E-state index is 0.772. The smallest absolute Gasteiger partial charge is 0.0544 e. The van der Waals surface area contributed by atoms with Crippen LogP contribution in [0.2, 0.25) is 0 Å². The van der Waals surface area contributed by atoms with Crippen LogP contribution in [0.1, 0.15) is 56.7 Å². The Hall–Kier alpha value is -0.930. The molecular weight excluding hydrogens is 258 g/mol. The summed E-state index contributed by atoms with van der Waals surface area (Å²) < 4.78 is 0.